The minimum atomic E-state index is -1.01. The highest BCUT2D eigenvalue weighted by Crippen LogP contribution is 2.14. The third-order valence-electron chi connectivity index (χ3n) is 7.85. The van der Waals surface area contributed by atoms with E-state index < -0.39 is 18.2 Å². The average Bonchev–Trinajstić information content (AvgIpc) is 2.93. The topological polar surface area (TPSA) is 89.8 Å². The van der Waals surface area contributed by atoms with E-state index in [1.807, 2.05) is 0 Å². The van der Waals surface area contributed by atoms with Crippen LogP contribution >= 0.6 is 0 Å². The average molecular weight is 554 g/mol. The molecule has 3 atom stereocenters. The van der Waals surface area contributed by atoms with Crippen molar-refractivity contribution < 1.29 is 20.1 Å². The Labute approximate surface area is 242 Å². The molecule has 0 aliphatic carbocycles. The molecule has 4 N–H and O–H groups in total. The molecular weight excluding hydrogens is 486 g/mol. The van der Waals surface area contributed by atoms with Gasteiger partial charge in [-0.15, -0.1) is 0 Å². The maximum atomic E-state index is 12.3. The molecule has 0 aromatic heterocycles. The Balaban J connectivity index is 3.77. The van der Waals surface area contributed by atoms with Crippen LogP contribution in [0.4, 0.5) is 0 Å². The van der Waals surface area contributed by atoms with Gasteiger partial charge < -0.3 is 20.6 Å². The first-order chi connectivity index (χ1) is 19.0. The quantitative estimate of drug-likeness (QED) is 0.0530. The number of carbonyl (C=O) groups is 1. The predicted molar refractivity (Wildman–Crippen MR) is 167 cm³/mol. The number of aliphatic hydroxyl groups is 3. The Kier molecular flexibility index (Phi) is 29.4. The van der Waals surface area contributed by atoms with E-state index in [9.17, 15) is 20.1 Å². The van der Waals surface area contributed by atoms with Crippen LogP contribution in [0.1, 0.15) is 174 Å². The number of rotatable bonds is 30. The number of hydrogen-bond donors (Lipinski definition) is 4. The highest BCUT2D eigenvalue weighted by molar-refractivity contribution is 5.76. The van der Waals surface area contributed by atoms with E-state index in [4.69, 9.17) is 0 Å². The number of hydrogen-bond acceptors (Lipinski definition) is 4. The van der Waals surface area contributed by atoms with Crippen LogP contribution in [0.25, 0.3) is 0 Å². The largest absolute Gasteiger partial charge is 0.394 e. The van der Waals surface area contributed by atoms with Gasteiger partial charge in [0.1, 0.15) is 0 Å². The summed E-state index contributed by atoms with van der Waals surface area (Å²) in [7, 11) is 0. The van der Waals surface area contributed by atoms with Gasteiger partial charge in [-0.3, -0.25) is 4.79 Å². The molecule has 232 valence electrons. The molecular formula is C34H67NO4. The minimum absolute atomic E-state index is 0.129. The number of nitrogens with one attached hydrogen (secondary N) is 1. The Morgan fingerprint density at radius 3 is 1.38 bits per heavy atom. The smallest absolute Gasteiger partial charge is 0.220 e. The molecule has 0 fully saturated rings. The molecule has 5 nitrogen and oxygen atoms in total. The third kappa shape index (κ3) is 27.0. The van der Waals surface area contributed by atoms with E-state index in [-0.39, 0.29) is 12.5 Å². The van der Waals surface area contributed by atoms with Crippen LogP contribution in [0.3, 0.4) is 0 Å². The van der Waals surface area contributed by atoms with Crippen molar-refractivity contribution in [1.29, 1.82) is 0 Å². The lowest BCUT2D eigenvalue weighted by Gasteiger charge is -2.20. The summed E-state index contributed by atoms with van der Waals surface area (Å²) < 4.78 is 0. The second-order valence-electron chi connectivity index (χ2n) is 11.8. The lowest BCUT2D eigenvalue weighted by Crippen LogP contribution is -2.45. The van der Waals surface area contributed by atoms with Crippen molar-refractivity contribution in [3.8, 4) is 0 Å². The van der Waals surface area contributed by atoms with Crippen LogP contribution < -0.4 is 5.32 Å². The SMILES string of the molecule is CCCCCCCCCCCCCCCC(=O)N[C@@H](CO)[C@H](O)/C=C/C(O)CCCCCCCCCCCC. The fourth-order valence-electron chi connectivity index (χ4n) is 5.13. The van der Waals surface area contributed by atoms with Gasteiger partial charge in [0.25, 0.3) is 0 Å². The van der Waals surface area contributed by atoms with E-state index in [2.05, 4.69) is 19.2 Å². The van der Waals surface area contributed by atoms with Crippen molar-refractivity contribution >= 4 is 5.91 Å². The molecule has 0 heterocycles. The maximum Gasteiger partial charge on any atom is 0.220 e. The van der Waals surface area contributed by atoms with Gasteiger partial charge in [-0.05, 0) is 12.8 Å². The lowest BCUT2D eigenvalue weighted by molar-refractivity contribution is -0.123. The molecule has 0 aliphatic heterocycles. The summed E-state index contributed by atoms with van der Waals surface area (Å²) in [5.74, 6) is -0.129. The van der Waals surface area contributed by atoms with Gasteiger partial charge in [0.05, 0.1) is 24.9 Å². The Morgan fingerprint density at radius 1 is 0.590 bits per heavy atom. The second-order valence-corrected chi connectivity index (χ2v) is 11.8. The van der Waals surface area contributed by atoms with Crippen LogP contribution in [0.15, 0.2) is 12.2 Å². The summed E-state index contributed by atoms with van der Waals surface area (Å²) in [5, 5.41) is 32.9. The summed E-state index contributed by atoms with van der Waals surface area (Å²) in [6, 6.07) is -0.736. The molecule has 0 radical (unpaired) electrons. The zero-order chi connectivity index (χ0) is 28.8. The Morgan fingerprint density at radius 2 is 0.974 bits per heavy atom. The summed E-state index contributed by atoms with van der Waals surface area (Å²) in [6.07, 6.45) is 31.7. The summed E-state index contributed by atoms with van der Waals surface area (Å²) in [6.45, 7) is 4.18. The van der Waals surface area contributed by atoms with Gasteiger partial charge in [0.2, 0.25) is 5.91 Å². The van der Waals surface area contributed by atoms with Crippen LogP contribution in [-0.2, 0) is 4.79 Å². The van der Waals surface area contributed by atoms with Gasteiger partial charge in [0.15, 0.2) is 0 Å². The van der Waals surface area contributed by atoms with E-state index >= 15 is 0 Å². The first-order valence-corrected chi connectivity index (χ1v) is 17.0. The van der Waals surface area contributed by atoms with E-state index in [0.29, 0.717) is 12.8 Å². The monoisotopic (exact) mass is 554 g/mol. The predicted octanol–water partition coefficient (Wildman–Crippen LogP) is 8.53. The fraction of sp³-hybridized carbons (Fsp3) is 0.912. The highest BCUT2D eigenvalue weighted by Gasteiger charge is 2.18. The molecule has 1 unspecified atom stereocenters. The van der Waals surface area contributed by atoms with Gasteiger partial charge in [-0.1, -0.05) is 167 Å². The maximum absolute atomic E-state index is 12.3. The molecule has 0 rings (SSSR count). The number of carbonyl (C=O) groups excluding carboxylic acids is 1. The van der Waals surface area contributed by atoms with Crippen molar-refractivity contribution in [3.63, 3.8) is 0 Å². The van der Waals surface area contributed by atoms with Gasteiger partial charge in [-0.25, -0.2) is 0 Å². The van der Waals surface area contributed by atoms with Crippen LogP contribution in [0, 0.1) is 0 Å². The van der Waals surface area contributed by atoms with Crippen molar-refractivity contribution in [2.24, 2.45) is 0 Å². The highest BCUT2D eigenvalue weighted by atomic mass is 16.3. The zero-order valence-electron chi connectivity index (χ0n) is 26.0. The molecule has 0 saturated heterocycles. The zero-order valence-corrected chi connectivity index (χ0v) is 26.0. The molecule has 0 aliphatic rings. The molecule has 39 heavy (non-hydrogen) atoms. The van der Waals surface area contributed by atoms with E-state index in [0.717, 1.165) is 32.1 Å². The van der Waals surface area contributed by atoms with E-state index in [1.165, 1.54) is 122 Å². The fourth-order valence-corrected chi connectivity index (χ4v) is 5.13. The first-order valence-electron chi connectivity index (χ1n) is 17.0. The van der Waals surface area contributed by atoms with Crippen molar-refractivity contribution in [2.45, 2.75) is 193 Å². The van der Waals surface area contributed by atoms with Crippen LogP contribution in [-0.4, -0.2) is 46.1 Å². The van der Waals surface area contributed by atoms with Gasteiger partial charge >= 0.3 is 0 Å². The molecule has 0 spiro atoms. The number of amides is 1. The molecule has 0 saturated carbocycles. The summed E-state index contributed by atoms with van der Waals surface area (Å²) >= 11 is 0. The van der Waals surface area contributed by atoms with Crippen LogP contribution in [0.2, 0.25) is 0 Å². The lowest BCUT2D eigenvalue weighted by atomic mass is 10.0. The standard InChI is InChI=1S/C34H67NO4/c1-3-5-7-9-11-13-15-16-17-19-21-23-25-27-34(39)35-32(30-36)33(38)29-28-31(37)26-24-22-20-18-14-12-10-8-6-4-2/h28-29,31-33,36-38H,3-27,30H2,1-2H3,(H,35,39)/b29-28+/t31?,32-,33+/m0/s1. The van der Waals surface area contributed by atoms with Gasteiger partial charge in [0, 0.05) is 6.42 Å². The molecule has 1 amide bonds. The number of aliphatic hydroxyl groups excluding tert-OH is 3. The summed E-state index contributed by atoms with van der Waals surface area (Å²) in [5.41, 5.74) is 0. The molecule has 0 bridgehead atoms. The Hall–Kier alpha value is -0.910. The first kappa shape index (κ1) is 38.1. The minimum Gasteiger partial charge on any atom is -0.394 e. The number of unbranched alkanes of at least 4 members (excludes halogenated alkanes) is 21. The normalized spacial score (nSPS) is 14.1. The third-order valence-corrected chi connectivity index (χ3v) is 7.85. The molecule has 0 aromatic rings. The second kappa shape index (κ2) is 30.1. The summed E-state index contributed by atoms with van der Waals surface area (Å²) in [4.78, 5) is 12.3. The van der Waals surface area contributed by atoms with Crippen molar-refractivity contribution in [1.82, 2.24) is 5.32 Å². The van der Waals surface area contributed by atoms with Crippen LogP contribution in [0.5, 0.6) is 0 Å². The van der Waals surface area contributed by atoms with Crippen molar-refractivity contribution in [2.75, 3.05) is 6.61 Å². The van der Waals surface area contributed by atoms with Crippen molar-refractivity contribution in [3.05, 3.63) is 12.2 Å². The van der Waals surface area contributed by atoms with Gasteiger partial charge in [-0.2, -0.15) is 0 Å². The van der Waals surface area contributed by atoms with E-state index in [1.54, 1.807) is 6.08 Å². The molecule has 0 aromatic carbocycles. The molecule has 5 heteroatoms. The Bertz CT molecular complexity index is 539.